The van der Waals surface area contributed by atoms with E-state index in [1.807, 2.05) is 0 Å². The van der Waals surface area contributed by atoms with Crippen molar-refractivity contribution in [2.45, 2.75) is 58.5 Å². The number of allylic oxidation sites excluding steroid dienone is 2. The molecule has 0 aromatic rings. The molecule has 0 aliphatic heterocycles. The van der Waals surface area contributed by atoms with Gasteiger partial charge in [-0.2, -0.15) is 0 Å². The second-order valence-electron chi connectivity index (χ2n) is 8.63. The second-order valence-corrected chi connectivity index (χ2v) is 8.63. The summed E-state index contributed by atoms with van der Waals surface area (Å²) in [6.45, 7) is 4.48. The number of nitrogens with two attached hydrogens (primary N) is 1. The predicted octanol–water partition coefficient (Wildman–Crippen LogP) is 2.65. The Bertz CT molecular complexity index is 640. The van der Waals surface area contributed by atoms with Crippen LogP contribution in [0.2, 0.25) is 0 Å². The standard InChI is InChI=1S/C17H27N3O6/c1-3-16-7-12-6-15(2,10-17(11-16,4-5-18)14(12)16)8-13(26-20(23)24)9-25-19(21)22/h6,13-14H,3-5,7-11,18H2,1-2H3. The Morgan fingerprint density at radius 1 is 1.31 bits per heavy atom. The summed E-state index contributed by atoms with van der Waals surface area (Å²) in [5.41, 5.74) is 7.58. The van der Waals surface area contributed by atoms with Gasteiger partial charge in [0.25, 0.3) is 10.2 Å². The molecule has 9 heteroatoms. The summed E-state index contributed by atoms with van der Waals surface area (Å²) >= 11 is 0. The molecular weight excluding hydrogens is 342 g/mol. The maximum absolute atomic E-state index is 10.8. The first-order valence-corrected chi connectivity index (χ1v) is 9.18. The van der Waals surface area contributed by atoms with E-state index < -0.39 is 22.9 Å². The van der Waals surface area contributed by atoms with E-state index >= 15 is 0 Å². The maximum Gasteiger partial charge on any atom is 0.294 e. The van der Waals surface area contributed by atoms with Crippen molar-refractivity contribution >= 4 is 0 Å². The highest BCUT2D eigenvalue weighted by Crippen LogP contribution is 2.79. The van der Waals surface area contributed by atoms with E-state index in [0.29, 0.717) is 24.3 Å². The predicted molar refractivity (Wildman–Crippen MR) is 91.8 cm³/mol. The molecule has 2 fully saturated rings. The van der Waals surface area contributed by atoms with E-state index in [0.717, 1.165) is 25.7 Å². The fourth-order valence-corrected chi connectivity index (χ4v) is 6.46. The average molecular weight is 369 g/mol. The highest BCUT2D eigenvalue weighted by molar-refractivity contribution is 5.39. The summed E-state index contributed by atoms with van der Waals surface area (Å²) in [5.74, 6) is 0.585. The van der Waals surface area contributed by atoms with Crippen molar-refractivity contribution < 1.29 is 19.8 Å². The lowest BCUT2D eigenvalue weighted by Gasteiger charge is -2.75. The maximum atomic E-state index is 10.8. The van der Waals surface area contributed by atoms with Gasteiger partial charge in [0, 0.05) is 0 Å². The molecule has 9 nitrogen and oxygen atoms in total. The molecule has 0 spiro atoms. The van der Waals surface area contributed by atoms with Crippen LogP contribution in [0.25, 0.3) is 0 Å². The lowest BCUT2D eigenvalue weighted by Crippen LogP contribution is -2.67. The van der Waals surface area contributed by atoms with Crippen LogP contribution in [0.5, 0.6) is 0 Å². The van der Waals surface area contributed by atoms with Crippen LogP contribution in [-0.2, 0) is 9.68 Å². The van der Waals surface area contributed by atoms with Crippen molar-refractivity contribution in [1.29, 1.82) is 0 Å². The SMILES string of the molecule is CCC12CC3=CC(C)(CC(CO[N+](=O)[O-])O[N+](=O)[O-])CC(CCN)(C1)C32. The van der Waals surface area contributed by atoms with Crippen LogP contribution in [0.15, 0.2) is 11.6 Å². The molecule has 5 atom stereocenters. The van der Waals surface area contributed by atoms with Gasteiger partial charge in [-0.15, -0.1) is 20.2 Å². The molecule has 0 amide bonds. The van der Waals surface area contributed by atoms with Gasteiger partial charge in [-0.25, -0.2) is 0 Å². The molecule has 3 aliphatic rings. The Hall–Kier alpha value is -1.90. The summed E-state index contributed by atoms with van der Waals surface area (Å²) in [6.07, 6.45) is 6.80. The van der Waals surface area contributed by atoms with Crippen LogP contribution in [0.3, 0.4) is 0 Å². The molecule has 0 heterocycles. The van der Waals surface area contributed by atoms with Gasteiger partial charge < -0.3 is 15.4 Å². The minimum absolute atomic E-state index is 0.158. The summed E-state index contributed by atoms with van der Waals surface area (Å²) in [6, 6.07) is 0. The largest absolute Gasteiger partial charge is 0.330 e. The van der Waals surface area contributed by atoms with Gasteiger partial charge in [-0.1, -0.05) is 25.5 Å². The molecule has 0 bridgehead atoms. The van der Waals surface area contributed by atoms with E-state index in [1.54, 1.807) is 0 Å². The molecule has 0 aromatic carbocycles. The van der Waals surface area contributed by atoms with Crippen LogP contribution in [0.1, 0.15) is 52.4 Å². The van der Waals surface area contributed by atoms with Crippen molar-refractivity contribution in [3.63, 3.8) is 0 Å². The van der Waals surface area contributed by atoms with Gasteiger partial charge in [-0.3, -0.25) is 0 Å². The van der Waals surface area contributed by atoms with Crippen LogP contribution < -0.4 is 5.73 Å². The fourth-order valence-electron chi connectivity index (χ4n) is 6.46. The van der Waals surface area contributed by atoms with Crippen molar-refractivity contribution in [3.8, 4) is 0 Å². The van der Waals surface area contributed by atoms with Gasteiger partial charge in [0.1, 0.15) is 12.7 Å². The van der Waals surface area contributed by atoms with E-state index in [4.69, 9.17) is 5.73 Å². The van der Waals surface area contributed by atoms with Crippen LogP contribution in [0.4, 0.5) is 0 Å². The number of hydrogen-bond acceptors (Lipinski definition) is 7. The average Bonchev–Trinajstić information content (AvgIpc) is 2.48. The molecule has 0 saturated heterocycles. The molecule has 5 unspecified atom stereocenters. The first-order valence-electron chi connectivity index (χ1n) is 9.18. The molecule has 2 N–H and O–H groups in total. The normalized spacial score (nSPS) is 38.1. The molecule has 0 radical (unpaired) electrons. The fraction of sp³-hybridized carbons (Fsp3) is 0.882. The Morgan fingerprint density at radius 3 is 2.62 bits per heavy atom. The number of rotatable bonds is 10. The third kappa shape index (κ3) is 3.02. The van der Waals surface area contributed by atoms with Crippen molar-refractivity contribution in [2.24, 2.45) is 27.9 Å². The Kier molecular flexibility index (Phi) is 4.62. The summed E-state index contributed by atoms with van der Waals surface area (Å²) in [7, 11) is 0. The molecular formula is C17H27N3O6. The zero-order valence-corrected chi connectivity index (χ0v) is 15.3. The number of hydrogen-bond donors (Lipinski definition) is 1. The minimum atomic E-state index is -0.972. The zero-order valence-electron chi connectivity index (χ0n) is 15.3. The zero-order chi connectivity index (χ0) is 19.2. The summed E-state index contributed by atoms with van der Waals surface area (Å²) < 4.78 is 0. The smallest absolute Gasteiger partial charge is 0.294 e. The summed E-state index contributed by atoms with van der Waals surface area (Å²) in [5, 5.41) is 19.4. The molecule has 146 valence electrons. The van der Waals surface area contributed by atoms with Gasteiger partial charge >= 0.3 is 0 Å². The van der Waals surface area contributed by atoms with Crippen molar-refractivity contribution in [2.75, 3.05) is 13.2 Å². The molecule has 0 aromatic heterocycles. The molecule has 3 aliphatic carbocycles. The third-order valence-electron chi connectivity index (χ3n) is 6.79. The Morgan fingerprint density at radius 2 is 2.04 bits per heavy atom. The first-order chi connectivity index (χ1) is 12.2. The van der Waals surface area contributed by atoms with E-state index in [-0.39, 0.29) is 10.8 Å². The number of nitrogens with zero attached hydrogens (tertiary/aromatic N) is 2. The second kappa shape index (κ2) is 6.37. The van der Waals surface area contributed by atoms with E-state index in [1.165, 1.54) is 12.0 Å². The van der Waals surface area contributed by atoms with Crippen LogP contribution >= 0.6 is 0 Å². The Labute approximate surface area is 152 Å². The van der Waals surface area contributed by atoms with Gasteiger partial charge in [0.15, 0.2) is 0 Å². The highest BCUT2D eigenvalue weighted by atomic mass is 17.0. The molecule has 2 saturated carbocycles. The van der Waals surface area contributed by atoms with E-state index in [2.05, 4.69) is 29.6 Å². The topological polar surface area (TPSA) is 131 Å². The lowest BCUT2D eigenvalue weighted by atomic mass is 9.29. The minimum Gasteiger partial charge on any atom is -0.330 e. The van der Waals surface area contributed by atoms with Gasteiger partial charge in [-0.05, 0) is 67.2 Å². The quantitative estimate of drug-likeness (QED) is 0.356. The van der Waals surface area contributed by atoms with Crippen LogP contribution in [0, 0.1) is 42.4 Å². The van der Waals surface area contributed by atoms with Crippen molar-refractivity contribution in [1.82, 2.24) is 0 Å². The first kappa shape index (κ1) is 18.9. The molecule has 3 rings (SSSR count). The molecule has 26 heavy (non-hydrogen) atoms. The Balaban J connectivity index is 1.78. The van der Waals surface area contributed by atoms with Gasteiger partial charge in [0.05, 0.1) is 0 Å². The third-order valence-corrected chi connectivity index (χ3v) is 6.79. The lowest BCUT2D eigenvalue weighted by molar-refractivity contribution is -0.790. The van der Waals surface area contributed by atoms with Crippen molar-refractivity contribution in [3.05, 3.63) is 31.9 Å². The monoisotopic (exact) mass is 369 g/mol. The summed E-state index contributed by atoms with van der Waals surface area (Å²) in [4.78, 5) is 30.3. The van der Waals surface area contributed by atoms with E-state index in [9.17, 15) is 20.2 Å². The van der Waals surface area contributed by atoms with Gasteiger partial charge in [0.2, 0.25) is 0 Å². The van der Waals surface area contributed by atoms with Crippen LogP contribution in [-0.4, -0.2) is 29.4 Å². The highest BCUT2D eigenvalue weighted by Gasteiger charge is 2.71.